The number of aliphatic hydroxyl groups is 2. The van der Waals surface area contributed by atoms with Gasteiger partial charge in [-0.15, -0.1) is 0 Å². The highest BCUT2D eigenvalue weighted by atomic mass is 31.2. The number of phosphoric acid groups is 1. The molecule has 3 heterocycles. The van der Waals surface area contributed by atoms with Crippen molar-refractivity contribution in [1.29, 1.82) is 0 Å². The smallest absolute Gasteiger partial charge is 0.387 e. The van der Waals surface area contributed by atoms with Gasteiger partial charge in [0, 0.05) is 25.2 Å². The molecule has 3 unspecified atom stereocenters. The fourth-order valence-corrected chi connectivity index (χ4v) is 5.16. The van der Waals surface area contributed by atoms with Crippen LogP contribution in [0.2, 0.25) is 0 Å². The van der Waals surface area contributed by atoms with Crippen LogP contribution in [0.25, 0.3) is 0 Å². The molecule has 0 radical (unpaired) electrons. The standard InChI is InChI=1S/C20H23F2N2O8P/c21-13-6-12(7-14(22)8-13)15-3-5-29-33(28,32-15)30-10-16-17(25)18(26)20(31-16)24-4-1-2-11(9-24)19(23)27/h1-2,6-9,15-18,20,25-26H,3-5,10H2,(H2,23,27)/t15?,16?,17-,18-,20-,33?/m1/s1. The number of carbonyl (C=O) groups is 1. The molecule has 1 aromatic rings. The van der Waals surface area contributed by atoms with Gasteiger partial charge in [-0.1, -0.05) is 12.2 Å². The monoisotopic (exact) mass is 488 g/mol. The number of carbonyl (C=O) groups excluding carboxylic acids is 1. The number of halogens is 2. The quantitative estimate of drug-likeness (QED) is 0.505. The van der Waals surface area contributed by atoms with Crippen LogP contribution >= 0.6 is 7.82 Å². The molecule has 0 aliphatic carbocycles. The minimum absolute atomic E-state index is 0.0554. The Bertz CT molecular complexity index is 1000. The predicted octanol–water partition coefficient (Wildman–Crippen LogP) is 1.26. The number of benzene rings is 1. The average Bonchev–Trinajstić information content (AvgIpc) is 3.06. The number of hydrogen-bond donors (Lipinski definition) is 3. The molecule has 2 saturated heterocycles. The maximum absolute atomic E-state index is 13.5. The highest BCUT2D eigenvalue weighted by Gasteiger charge is 2.47. The summed E-state index contributed by atoms with van der Waals surface area (Å²) in [5.41, 5.74) is 5.61. The highest BCUT2D eigenvalue weighted by molar-refractivity contribution is 7.48. The van der Waals surface area contributed by atoms with Crippen LogP contribution in [-0.2, 0) is 27.7 Å². The number of rotatable bonds is 6. The van der Waals surface area contributed by atoms with E-state index in [1.807, 2.05) is 0 Å². The van der Waals surface area contributed by atoms with Gasteiger partial charge in [0.15, 0.2) is 6.23 Å². The SMILES string of the molecule is NC(=O)C1=CN([C@@H]2OC(COP3(=O)OCCC(c4cc(F)cc(F)c4)O3)[C@@H](O)[C@H]2O)CC=C1. The second kappa shape index (κ2) is 9.59. The predicted molar refractivity (Wildman–Crippen MR) is 108 cm³/mol. The number of ether oxygens (including phenoxy) is 1. The number of nitrogens with zero attached hydrogens (tertiary/aromatic N) is 1. The third kappa shape index (κ3) is 5.33. The van der Waals surface area contributed by atoms with Crippen molar-refractivity contribution in [3.05, 3.63) is 59.3 Å². The highest BCUT2D eigenvalue weighted by Crippen LogP contribution is 2.57. The van der Waals surface area contributed by atoms with E-state index in [0.717, 1.165) is 12.1 Å². The van der Waals surface area contributed by atoms with Crippen molar-refractivity contribution in [2.45, 2.75) is 37.1 Å². The van der Waals surface area contributed by atoms with E-state index in [0.29, 0.717) is 6.07 Å². The molecule has 6 atom stereocenters. The fourth-order valence-electron chi connectivity index (χ4n) is 3.77. The van der Waals surface area contributed by atoms with E-state index in [-0.39, 0.29) is 30.7 Å². The molecule has 0 bridgehead atoms. The third-order valence-electron chi connectivity index (χ3n) is 5.41. The van der Waals surface area contributed by atoms with Crippen LogP contribution < -0.4 is 5.73 Å². The molecule has 2 fully saturated rings. The summed E-state index contributed by atoms with van der Waals surface area (Å²) in [5.74, 6) is -2.28. The maximum Gasteiger partial charge on any atom is 0.475 e. The zero-order valence-corrected chi connectivity index (χ0v) is 18.1. The first-order valence-electron chi connectivity index (χ1n) is 10.1. The Balaban J connectivity index is 1.39. The van der Waals surface area contributed by atoms with Crippen molar-refractivity contribution >= 4 is 13.7 Å². The van der Waals surface area contributed by atoms with Crippen molar-refractivity contribution in [2.75, 3.05) is 19.8 Å². The molecular formula is C20H23F2N2O8P. The molecule has 10 nitrogen and oxygen atoms in total. The lowest BCUT2D eigenvalue weighted by molar-refractivity contribution is -0.114. The fraction of sp³-hybridized carbons (Fsp3) is 0.450. The Morgan fingerprint density at radius 2 is 1.97 bits per heavy atom. The van der Waals surface area contributed by atoms with Crippen LogP contribution in [0.3, 0.4) is 0 Å². The second-order valence-corrected chi connectivity index (χ2v) is 9.38. The normalized spacial score (nSPS) is 34.4. The van der Waals surface area contributed by atoms with Crippen LogP contribution in [0.5, 0.6) is 0 Å². The van der Waals surface area contributed by atoms with Gasteiger partial charge in [-0.25, -0.2) is 13.3 Å². The summed E-state index contributed by atoms with van der Waals surface area (Å²) in [5, 5.41) is 20.8. The molecule has 0 saturated carbocycles. The molecule has 13 heteroatoms. The van der Waals surface area contributed by atoms with Crippen molar-refractivity contribution in [2.24, 2.45) is 5.73 Å². The zero-order chi connectivity index (χ0) is 23.8. The lowest BCUT2D eigenvalue weighted by Crippen LogP contribution is -2.42. The first kappa shape index (κ1) is 24.0. The van der Waals surface area contributed by atoms with Gasteiger partial charge in [0.05, 0.1) is 24.9 Å². The first-order valence-corrected chi connectivity index (χ1v) is 11.6. The molecule has 4 rings (SSSR count). The molecule has 3 aliphatic rings. The zero-order valence-electron chi connectivity index (χ0n) is 17.3. The van der Waals surface area contributed by atoms with E-state index in [1.54, 1.807) is 6.08 Å². The van der Waals surface area contributed by atoms with Gasteiger partial charge in [-0.2, -0.15) is 0 Å². The maximum atomic E-state index is 13.5. The third-order valence-corrected chi connectivity index (χ3v) is 6.88. The molecule has 180 valence electrons. The van der Waals surface area contributed by atoms with Crippen LogP contribution in [0.15, 0.2) is 42.1 Å². The number of hydrogen-bond acceptors (Lipinski definition) is 9. The van der Waals surface area contributed by atoms with Crippen molar-refractivity contribution in [1.82, 2.24) is 4.90 Å². The minimum atomic E-state index is -4.15. The Labute approximate surface area is 187 Å². The summed E-state index contributed by atoms with van der Waals surface area (Å²) in [6, 6.07) is 2.84. The van der Waals surface area contributed by atoms with Gasteiger partial charge in [-0.05, 0) is 17.7 Å². The molecule has 4 N–H and O–H groups in total. The van der Waals surface area contributed by atoms with Gasteiger partial charge in [-0.3, -0.25) is 18.4 Å². The summed E-state index contributed by atoms with van der Waals surface area (Å²) in [6.45, 7) is -0.234. The van der Waals surface area contributed by atoms with Gasteiger partial charge < -0.3 is 25.6 Å². The molecule has 1 amide bonds. The van der Waals surface area contributed by atoms with Crippen molar-refractivity contribution in [3.63, 3.8) is 0 Å². The lowest BCUT2D eigenvalue weighted by Gasteiger charge is -2.31. The topological polar surface area (TPSA) is 141 Å². The van der Waals surface area contributed by atoms with Gasteiger partial charge >= 0.3 is 7.82 Å². The van der Waals surface area contributed by atoms with E-state index in [1.165, 1.54) is 17.2 Å². The molecular weight excluding hydrogens is 465 g/mol. The Morgan fingerprint density at radius 1 is 1.24 bits per heavy atom. The van der Waals surface area contributed by atoms with E-state index in [2.05, 4.69) is 0 Å². The van der Waals surface area contributed by atoms with Crippen molar-refractivity contribution in [3.8, 4) is 0 Å². The second-order valence-electron chi connectivity index (χ2n) is 7.76. The summed E-state index contributed by atoms with van der Waals surface area (Å²) in [6.07, 6.45) is -1.06. The molecule has 0 spiro atoms. The van der Waals surface area contributed by atoms with Gasteiger partial charge in [0.25, 0.3) is 0 Å². The molecule has 33 heavy (non-hydrogen) atoms. The average molecular weight is 488 g/mol. The summed E-state index contributed by atoms with van der Waals surface area (Å²) in [4.78, 5) is 12.9. The first-order chi connectivity index (χ1) is 15.6. The van der Waals surface area contributed by atoms with Crippen LogP contribution in [0, 0.1) is 11.6 Å². The Kier molecular flexibility index (Phi) is 6.96. The number of nitrogens with two attached hydrogens (primary N) is 1. The summed E-state index contributed by atoms with van der Waals surface area (Å²) < 4.78 is 61.4. The van der Waals surface area contributed by atoms with Crippen LogP contribution in [0.4, 0.5) is 8.78 Å². The molecule has 3 aliphatic heterocycles. The van der Waals surface area contributed by atoms with E-state index in [9.17, 15) is 28.4 Å². The number of phosphoric ester groups is 1. The summed E-state index contributed by atoms with van der Waals surface area (Å²) >= 11 is 0. The van der Waals surface area contributed by atoms with Crippen molar-refractivity contribution < 1.29 is 46.7 Å². The Morgan fingerprint density at radius 3 is 2.67 bits per heavy atom. The molecule has 1 aromatic carbocycles. The molecule has 0 aromatic heterocycles. The van der Waals surface area contributed by atoms with E-state index in [4.69, 9.17) is 24.0 Å². The van der Waals surface area contributed by atoms with Gasteiger partial charge in [0.1, 0.15) is 29.9 Å². The number of primary amides is 1. The van der Waals surface area contributed by atoms with E-state index < -0.39 is 62.6 Å². The number of aliphatic hydroxyl groups excluding tert-OH is 2. The van der Waals surface area contributed by atoms with Crippen LogP contribution in [0.1, 0.15) is 18.1 Å². The largest absolute Gasteiger partial charge is 0.475 e. The number of amides is 1. The lowest BCUT2D eigenvalue weighted by atomic mass is 10.1. The minimum Gasteiger partial charge on any atom is -0.387 e. The van der Waals surface area contributed by atoms with Gasteiger partial charge in [0.2, 0.25) is 5.91 Å². The van der Waals surface area contributed by atoms with E-state index >= 15 is 0 Å². The summed E-state index contributed by atoms with van der Waals surface area (Å²) in [7, 11) is -4.15. The Hall–Kier alpha value is -2.18. The van der Waals surface area contributed by atoms with Crippen LogP contribution in [-0.4, -0.2) is 65.3 Å².